The molecule has 1 heterocycles. The number of hydrogen-bond acceptors (Lipinski definition) is 3. The monoisotopic (exact) mass is 273 g/mol. The van der Waals surface area contributed by atoms with Crippen molar-refractivity contribution in [1.82, 2.24) is 10.3 Å². The lowest BCUT2D eigenvalue weighted by atomic mass is 10.1. The molecule has 0 atom stereocenters. The fourth-order valence-corrected chi connectivity index (χ4v) is 1.25. The van der Waals surface area contributed by atoms with Gasteiger partial charge >= 0.3 is 0 Å². The molecule has 1 N–H and O–H groups in total. The highest BCUT2D eigenvalue weighted by Gasteiger charge is 2.21. The molecule has 0 bridgehead atoms. The lowest BCUT2D eigenvalue weighted by Gasteiger charge is -2.18. The topological polar surface area (TPSA) is 61.8 Å². The lowest BCUT2D eigenvalue weighted by Crippen LogP contribution is -2.37. The molecule has 15 heavy (non-hydrogen) atoms. The quantitative estimate of drug-likeness (QED) is 0.820. The zero-order chi connectivity index (χ0) is 11.4. The van der Waals surface area contributed by atoms with Crippen LogP contribution in [0.15, 0.2) is 16.2 Å². The summed E-state index contributed by atoms with van der Waals surface area (Å²) in [5, 5.41) is 7.71. The van der Waals surface area contributed by atoms with Crippen LogP contribution in [0.3, 0.4) is 0 Å². The minimum Gasteiger partial charge on any atom is -0.346 e. The van der Waals surface area contributed by atoms with E-state index in [0.29, 0.717) is 29.6 Å². The lowest BCUT2D eigenvalue weighted by molar-refractivity contribution is -0.130. The average Bonchev–Trinajstić information content (AvgIpc) is 2.18. The van der Waals surface area contributed by atoms with Crippen molar-refractivity contribution in [2.45, 2.75) is 12.8 Å². The van der Waals surface area contributed by atoms with Crippen LogP contribution in [0.4, 0.5) is 0 Å². The number of halogens is 1. The van der Waals surface area contributed by atoms with Crippen LogP contribution < -0.4 is 5.32 Å². The van der Waals surface area contributed by atoms with Crippen molar-refractivity contribution < 1.29 is 9.59 Å². The molecule has 0 radical (unpaired) electrons. The molecule has 0 aromatic carbocycles. The van der Waals surface area contributed by atoms with Gasteiger partial charge in [0, 0.05) is 30.9 Å². The number of nitrogens with zero attached hydrogens (tertiary/aromatic N) is 2. The summed E-state index contributed by atoms with van der Waals surface area (Å²) in [4.78, 5) is 22.6. The van der Waals surface area contributed by atoms with Crippen molar-refractivity contribution in [1.29, 1.82) is 0 Å². The molecular formula is C9H12BrN3O2. The van der Waals surface area contributed by atoms with Gasteiger partial charge in [-0.05, 0) is 0 Å². The Labute approximate surface area is 96.3 Å². The maximum absolute atomic E-state index is 11.5. The Balaban J connectivity index is 2.57. The maximum atomic E-state index is 11.5. The van der Waals surface area contributed by atoms with Crippen LogP contribution in [0.5, 0.6) is 0 Å². The van der Waals surface area contributed by atoms with Crippen molar-refractivity contribution in [3.8, 4) is 0 Å². The third kappa shape index (κ3) is 3.47. The molecule has 5 nitrogen and oxygen atoms in total. The summed E-state index contributed by atoms with van der Waals surface area (Å²) in [6.45, 7) is 3.95. The Hall–Kier alpha value is -1.17. The summed E-state index contributed by atoms with van der Waals surface area (Å²) in [7, 11) is 1.54. The van der Waals surface area contributed by atoms with Crippen molar-refractivity contribution in [3.63, 3.8) is 0 Å². The molecule has 0 saturated carbocycles. The molecule has 82 valence electrons. The van der Waals surface area contributed by atoms with Gasteiger partial charge in [0.1, 0.15) is 5.71 Å². The molecule has 2 amide bonds. The molecule has 1 aliphatic rings. The fraction of sp³-hybridized carbons (Fsp3) is 0.444. The molecule has 0 aromatic heterocycles. The number of hydrazone groups is 1. The van der Waals surface area contributed by atoms with Crippen molar-refractivity contribution in [2.75, 3.05) is 13.6 Å². The van der Waals surface area contributed by atoms with Crippen LogP contribution in [-0.2, 0) is 9.59 Å². The first-order valence-corrected chi connectivity index (χ1v) is 5.25. The van der Waals surface area contributed by atoms with Gasteiger partial charge in [-0.25, -0.2) is 5.01 Å². The predicted octanol–water partition coefficient (Wildman–Crippen LogP) is 0.619. The molecule has 0 spiro atoms. The molecule has 0 fully saturated rings. The third-order valence-electron chi connectivity index (χ3n) is 1.91. The smallest absolute Gasteiger partial charge is 0.267 e. The van der Waals surface area contributed by atoms with Crippen LogP contribution in [-0.4, -0.2) is 36.1 Å². The molecule has 1 aliphatic heterocycles. The number of carbonyl (C=O) groups excluding carboxylic acids is 2. The van der Waals surface area contributed by atoms with Gasteiger partial charge < -0.3 is 5.32 Å². The van der Waals surface area contributed by atoms with Crippen LogP contribution >= 0.6 is 15.9 Å². The summed E-state index contributed by atoms with van der Waals surface area (Å²) >= 11 is 3.13. The van der Waals surface area contributed by atoms with Crippen molar-refractivity contribution >= 4 is 33.5 Å². The second kappa shape index (κ2) is 5.06. The second-order valence-corrected chi connectivity index (χ2v) is 4.29. The van der Waals surface area contributed by atoms with Crippen LogP contribution in [0.1, 0.15) is 12.8 Å². The minimum absolute atomic E-state index is 0.0727. The highest BCUT2D eigenvalue weighted by atomic mass is 79.9. The van der Waals surface area contributed by atoms with E-state index in [1.54, 1.807) is 0 Å². The molecule has 0 saturated heterocycles. The predicted molar refractivity (Wildman–Crippen MR) is 60.5 cm³/mol. The number of rotatable bonds is 3. The summed E-state index contributed by atoms with van der Waals surface area (Å²) in [6, 6.07) is 0. The highest BCUT2D eigenvalue weighted by molar-refractivity contribution is 9.11. The van der Waals surface area contributed by atoms with Crippen molar-refractivity contribution in [2.24, 2.45) is 5.10 Å². The van der Waals surface area contributed by atoms with Gasteiger partial charge in [0.05, 0.1) is 0 Å². The largest absolute Gasteiger partial charge is 0.346 e. The Bertz CT molecular complexity index is 338. The molecule has 6 heteroatoms. The Morgan fingerprint density at radius 3 is 2.87 bits per heavy atom. The van der Waals surface area contributed by atoms with Gasteiger partial charge in [-0.2, -0.15) is 5.10 Å². The number of nitrogens with one attached hydrogen (secondary N) is 1. The number of amides is 2. The van der Waals surface area contributed by atoms with Gasteiger partial charge in [0.2, 0.25) is 5.91 Å². The molecular weight excluding hydrogens is 262 g/mol. The zero-order valence-electron chi connectivity index (χ0n) is 8.42. The summed E-state index contributed by atoms with van der Waals surface area (Å²) < 4.78 is 0.691. The maximum Gasteiger partial charge on any atom is 0.267 e. The summed E-state index contributed by atoms with van der Waals surface area (Å²) in [5.74, 6) is -0.327. The SMILES string of the molecule is C=C(Br)CNC(=O)C1=NN(C)C(=O)CC1. The first-order valence-electron chi connectivity index (χ1n) is 4.46. The second-order valence-electron chi connectivity index (χ2n) is 3.16. The van der Waals surface area contributed by atoms with E-state index in [1.165, 1.54) is 12.1 Å². The van der Waals surface area contributed by atoms with Gasteiger partial charge in [-0.15, -0.1) is 0 Å². The summed E-state index contributed by atoms with van der Waals surface area (Å²) in [6.07, 6.45) is 0.724. The van der Waals surface area contributed by atoms with Gasteiger partial charge in [0.15, 0.2) is 0 Å². The van der Waals surface area contributed by atoms with E-state index in [1.807, 2.05) is 0 Å². The normalized spacial score (nSPS) is 16.0. The molecule has 0 unspecified atom stereocenters. The van der Waals surface area contributed by atoms with E-state index >= 15 is 0 Å². The number of carbonyl (C=O) groups is 2. The zero-order valence-corrected chi connectivity index (χ0v) is 10.0. The van der Waals surface area contributed by atoms with Gasteiger partial charge in [0.25, 0.3) is 5.91 Å². The van der Waals surface area contributed by atoms with E-state index in [2.05, 4.69) is 32.9 Å². The Morgan fingerprint density at radius 1 is 1.67 bits per heavy atom. The Morgan fingerprint density at radius 2 is 2.33 bits per heavy atom. The highest BCUT2D eigenvalue weighted by Crippen LogP contribution is 2.07. The standard InChI is InChI=1S/C9H12BrN3O2/c1-6(10)5-11-9(15)7-3-4-8(14)13(2)12-7/h1,3-5H2,2H3,(H,11,15). The molecule has 0 aromatic rings. The third-order valence-corrected chi connectivity index (χ3v) is 2.19. The van der Waals surface area contributed by atoms with Crippen LogP contribution in [0, 0.1) is 0 Å². The van der Waals surface area contributed by atoms with E-state index < -0.39 is 0 Å². The Kier molecular flexibility index (Phi) is 4.02. The fourth-order valence-electron chi connectivity index (χ4n) is 1.11. The minimum atomic E-state index is -0.255. The van der Waals surface area contributed by atoms with E-state index in [9.17, 15) is 9.59 Å². The van der Waals surface area contributed by atoms with E-state index in [-0.39, 0.29) is 11.8 Å². The van der Waals surface area contributed by atoms with Gasteiger partial charge in [-0.3, -0.25) is 9.59 Å². The first-order chi connectivity index (χ1) is 7.00. The van der Waals surface area contributed by atoms with Crippen LogP contribution in [0.2, 0.25) is 0 Å². The molecule has 0 aliphatic carbocycles. The van der Waals surface area contributed by atoms with E-state index in [4.69, 9.17) is 0 Å². The average molecular weight is 274 g/mol. The molecule has 1 rings (SSSR count). The van der Waals surface area contributed by atoms with Crippen LogP contribution in [0.25, 0.3) is 0 Å². The van der Waals surface area contributed by atoms with Crippen molar-refractivity contribution in [3.05, 3.63) is 11.1 Å². The van der Waals surface area contributed by atoms with E-state index in [0.717, 1.165) is 0 Å². The first kappa shape index (κ1) is 11.9. The summed E-state index contributed by atoms with van der Waals surface area (Å²) in [5.41, 5.74) is 0.380. The van der Waals surface area contributed by atoms with Gasteiger partial charge in [-0.1, -0.05) is 22.5 Å². The number of hydrogen-bond donors (Lipinski definition) is 1.